The molecule has 2 heterocycles. The summed E-state index contributed by atoms with van der Waals surface area (Å²) in [6.45, 7) is 0. The maximum absolute atomic E-state index is 12.9. The van der Waals surface area contributed by atoms with Crippen LogP contribution in [-0.2, 0) is 9.59 Å². The van der Waals surface area contributed by atoms with Gasteiger partial charge in [-0.1, -0.05) is 28.1 Å². The quantitative estimate of drug-likeness (QED) is 0.532. The first-order valence-corrected chi connectivity index (χ1v) is 11.2. The zero-order valence-corrected chi connectivity index (χ0v) is 18.1. The summed E-state index contributed by atoms with van der Waals surface area (Å²) in [7, 11) is 0. The number of rotatable bonds is 5. The van der Waals surface area contributed by atoms with Gasteiger partial charge in [0.25, 0.3) is 5.91 Å². The lowest BCUT2D eigenvalue weighted by Crippen LogP contribution is -2.31. The first-order valence-electron chi connectivity index (χ1n) is 8.62. The Bertz CT molecular complexity index is 1070. The standard InChI is InChI=1S/C20H14BrN3O3S2/c21-12-5-7-13(8-6-12)24-17(25)11-16(19(24)27)29-15-4-2-1-3-14(15)18(26)23-20-22-9-10-28-20/h1-10,16H,11H2,(H,22,23,26)/t16-/m0/s1. The van der Waals surface area contributed by atoms with Crippen molar-refractivity contribution in [3.8, 4) is 0 Å². The van der Waals surface area contributed by atoms with Crippen LogP contribution in [0, 0.1) is 0 Å². The predicted octanol–water partition coefficient (Wildman–Crippen LogP) is 4.58. The molecule has 1 aromatic heterocycles. The molecule has 9 heteroatoms. The highest BCUT2D eigenvalue weighted by molar-refractivity contribution is 9.10. The average Bonchev–Trinajstić information content (AvgIpc) is 3.31. The molecule has 0 radical (unpaired) electrons. The van der Waals surface area contributed by atoms with Crippen molar-refractivity contribution in [3.05, 3.63) is 70.1 Å². The molecule has 4 rings (SSSR count). The number of nitrogens with one attached hydrogen (secondary N) is 1. The van der Waals surface area contributed by atoms with Gasteiger partial charge >= 0.3 is 0 Å². The molecule has 0 bridgehead atoms. The summed E-state index contributed by atoms with van der Waals surface area (Å²) in [5.74, 6) is -0.832. The summed E-state index contributed by atoms with van der Waals surface area (Å²) in [6, 6.07) is 14.1. The van der Waals surface area contributed by atoms with Gasteiger partial charge < -0.3 is 0 Å². The van der Waals surface area contributed by atoms with E-state index in [1.165, 1.54) is 28.0 Å². The van der Waals surface area contributed by atoms with Crippen molar-refractivity contribution in [2.24, 2.45) is 0 Å². The second kappa shape index (κ2) is 8.48. The number of imide groups is 1. The molecule has 3 amide bonds. The average molecular weight is 488 g/mol. The van der Waals surface area contributed by atoms with Crippen LogP contribution in [0.5, 0.6) is 0 Å². The monoisotopic (exact) mass is 487 g/mol. The molecule has 1 saturated heterocycles. The van der Waals surface area contributed by atoms with E-state index in [0.717, 1.165) is 4.47 Å². The van der Waals surface area contributed by atoms with Gasteiger partial charge in [-0.05, 0) is 36.4 Å². The summed E-state index contributed by atoms with van der Waals surface area (Å²) in [6.07, 6.45) is 1.70. The van der Waals surface area contributed by atoms with Crippen LogP contribution in [0.15, 0.2) is 69.5 Å². The van der Waals surface area contributed by atoms with Crippen LogP contribution >= 0.6 is 39.0 Å². The topological polar surface area (TPSA) is 79.4 Å². The minimum absolute atomic E-state index is 0.0853. The Balaban J connectivity index is 1.54. The fourth-order valence-corrected chi connectivity index (χ4v) is 4.89. The predicted molar refractivity (Wildman–Crippen MR) is 117 cm³/mol. The summed E-state index contributed by atoms with van der Waals surface area (Å²) < 4.78 is 0.867. The van der Waals surface area contributed by atoms with Crippen LogP contribution in [0.3, 0.4) is 0 Å². The number of thiazole rings is 1. The minimum Gasteiger partial charge on any atom is -0.298 e. The molecule has 0 spiro atoms. The number of hydrogen-bond acceptors (Lipinski definition) is 6. The normalized spacial score (nSPS) is 16.3. The lowest BCUT2D eigenvalue weighted by molar-refractivity contribution is -0.121. The van der Waals surface area contributed by atoms with E-state index in [4.69, 9.17) is 0 Å². The van der Waals surface area contributed by atoms with E-state index in [1.54, 1.807) is 60.1 Å². The lowest BCUT2D eigenvalue weighted by Gasteiger charge is -2.15. The Kier molecular flexibility index (Phi) is 5.79. The largest absolute Gasteiger partial charge is 0.298 e. The SMILES string of the molecule is O=C(Nc1nccs1)c1ccccc1S[C@H]1CC(=O)N(c2ccc(Br)cc2)C1=O. The summed E-state index contributed by atoms with van der Waals surface area (Å²) in [5, 5.41) is 4.45. The molecule has 1 atom stereocenters. The Morgan fingerprint density at radius 1 is 1.17 bits per heavy atom. The highest BCUT2D eigenvalue weighted by Gasteiger charge is 2.40. The van der Waals surface area contributed by atoms with Crippen LogP contribution in [0.4, 0.5) is 10.8 Å². The molecular formula is C20H14BrN3O3S2. The fraction of sp³-hybridized carbons (Fsp3) is 0.100. The number of carbonyl (C=O) groups excluding carboxylic acids is 3. The zero-order chi connectivity index (χ0) is 20.4. The van der Waals surface area contributed by atoms with Gasteiger partial charge in [0.05, 0.1) is 16.5 Å². The number of nitrogens with zero attached hydrogens (tertiary/aromatic N) is 2. The van der Waals surface area contributed by atoms with E-state index in [9.17, 15) is 14.4 Å². The van der Waals surface area contributed by atoms with Gasteiger partial charge in [0.2, 0.25) is 11.8 Å². The lowest BCUT2D eigenvalue weighted by atomic mass is 10.2. The van der Waals surface area contributed by atoms with Crippen molar-refractivity contribution in [1.82, 2.24) is 4.98 Å². The maximum atomic E-state index is 12.9. The molecule has 0 aliphatic carbocycles. The first-order chi connectivity index (χ1) is 14.0. The molecule has 29 heavy (non-hydrogen) atoms. The summed E-state index contributed by atoms with van der Waals surface area (Å²) >= 11 is 5.91. The van der Waals surface area contributed by atoms with Crippen LogP contribution in [0.1, 0.15) is 16.8 Å². The van der Waals surface area contributed by atoms with Crippen LogP contribution < -0.4 is 10.2 Å². The Morgan fingerprint density at radius 3 is 2.66 bits per heavy atom. The molecule has 3 aromatic rings. The molecule has 1 aliphatic rings. The third-order valence-corrected chi connectivity index (χ3v) is 6.72. The second-order valence-corrected chi connectivity index (χ2v) is 9.20. The van der Waals surface area contributed by atoms with Gasteiger partial charge in [-0.2, -0.15) is 0 Å². The number of halogens is 1. The van der Waals surface area contributed by atoms with Crippen LogP contribution in [0.2, 0.25) is 0 Å². The van der Waals surface area contributed by atoms with Gasteiger partial charge in [-0.25, -0.2) is 9.88 Å². The maximum Gasteiger partial charge on any atom is 0.258 e. The van der Waals surface area contributed by atoms with E-state index < -0.39 is 5.25 Å². The Hall–Kier alpha value is -2.49. The van der Waals surface area contributed by atoms with Gasteiger partial charge in [0.1, 0.15) is 0 Å². The van der Waals surface area contributed by atoms with E-state index in [1.807, 2.05) is 0 Å². The Labute approximate surface area is 183 Å². The van der Waals surface area contributed by atoms with Crippen molar-refractivity contribution in [1.29, 1.82) is 0 Å². The molecule has 2 aromatic carbocycles. The van der Waals surface area contributed by atoms with Crippen LogP contribution in [0.25, 0.3) is 0 Å². The van der Waals surface area contributed by atoms with Crippen molar-refractivity contribution in [2.75, 3.05) is 10.2 Å². The number of carbonyl (C=O) groups is 3. The number of thioether (sulfide) groups is 1. The molecular weight excluding hydrogens is 474 g/mol. The second-order valence-electron chi connectivity index (χ2n) is 6.14. The van der Waals surface area contributed by atoms with E-state index in [-0.39, 0.29) is 24.1 Å². The number of benzene rings is 2. The van der Waals surface area contributed by atoms with Gasteiger partial charge in [0, 0.05) is 27.4 Å². The molecule has 6 nitrogen and oxygen atoms in total. The van der Waals surface area contributed by atoms with Gasteiger partial charge in [-0.3, -0.25) is 19.7 Å². The molecule has 0 saturated carbocycles. The van der Waals surface area contributed by atoms with Crippen molar-refractivity contribution in [2.45, 2.75) is 16.6 Å². The van der Waals surface area contributed by atoms with Crippen molar-refractivity contribution < 1.29 is 14.4 Å². The molecule has 1 fully saturated rings. The third kappa shape index (κ3) is 4.26. The number of amides is 3. The minimum atomic E-state index is -0.583. The van der Waals surface area contributed by atoms with Crippen LogP contribution in [-0.4, -0.2) is 28.0 Å². The Morgan fingerprint density at radius 2 is 1.93 bits per heavy atom. The van der Waals surface area contributed by atoms with E-state index in [2.05, 4.69) is 26.2 Å². The number of aromatic nitrogens is 1. The summed E-state index contributed by atoms with van der Waals surface area (Å²) in [4.78, 5) is 44.0. The number of hydrogen-bond donors (Lipinski definition) is 1. The van der Waals surface area contributed by atoms with Crippen molar-refractivity contribution >= 4 is 67.6 Å². The molecule has 1 N–H and O–H groups in total. The molecule has 0 unspecified atom stereocenters. The van der Waals surface area contributed by atoms with Crippen molar-refractivity contribution in [3.63, 3.8) is 0 Å². The van der Waals surface area contributed by atoms with E-state index in [0.29, 0.717) is 21.3 Å². The number of anilines is 2. The highest BCUT2D eigenvalue weighted by Crippen LogP contribution is 2.36. The highest BCUT2D eigenvalue weighted by atomic mass is 79.9. The third-order valence-electron chi connectivity index (χ3n) is 4.24. The van der Waals surface area contributed by atoms with Gasteiger partial charge in [0.15, 0.2) is 5.13 Å². The summed E-state index contributed by atoms with van der Waals surface area (Å²) in [5.41, 5.74) is 0.983. The first kappa shape index (κ1) is 19.8. The fourth-order valence-electron chi connectivity index (χ4n) is 2.92. The zero-order valence-electron chi connectivity index (χ0n) is 14.9. The molecule has 1 aliphatic heterocycles. The van der Waals surface area contributed by atoms with E-state index >= 15 is 0 Å². The smallest absolute Gasteiger partial charge is 0.258 e. The van der Waals surface area contributed by atoms with Gasteiger partial charge in [-0.15, -0.1) is 23.1 Å². The molecule has 146 valence electrons.